The monoisotopic (exact) mass is 423 g/mol. The summed E-state index contributed by atoms with van der Waals surface area (Å²) in [5, 5.41) is 3.82. The predicted molar refractivity (Wildman–Crippen MR) is 108 cm³/mol. The van der Waals surface area contributed by atoms with E-state index in [1.807, 2.05) is 0 Å². The van der Waals surface area contributed by atoms with Crippen molar-refractivity contribution in [3.05, 3.63) is 49.8 Å². The molecule has 0 radical (unpaired) electrons. The van der Waals surface area contributed by atoms with E-state index in [0.717, 1.165) is 53.9 Å². The lowest BCUT2D eigenvalue weighted by Gasteiger charge is -2.09. The first-order valence-corrected chi connectivity index (χ1v) is 10.6. The molecule has 27 heavy (non-hydrogen) atoms. The second kappa shape index (κ2) is 7.61. The summed E-state index contributed by atoms with van der Waals surface area (Å²) in [5.74, 6) is -0.992. The van der Waals surface area contributed by atoms with Crippen molar-refractivity contribution in [2.24, 2.45) is 0 Å². The lowest BCUT2D eigenvalue weighted by Crippen LogP contribution is -2.16. The smallest absolute Gasteiger partial charge is 0.260 e. The molecule has 0 saturated heterocycles. The van der Waals surface area contributed by atoms with Gasteiger partial charge in [0.05, 0.1) is 16.8 Å². The number of halogens is 2. The lowest BCUT2D eigenvalue weighted by molar-refractivity contribution is -0.113. The summed E-state index contributed by atoms with van der Waals surface area (Å²) >= 11 is 8.37. The molecule has 0 saturated carbocycles. The number of anilines is 1. The fourth-order valence-corrected chi connectivity index (χ4v) is 5.26. The van der Waals surface area contributed by atoms with Gasteiger partial charge in [0.1, 0.15) is 10.6 Å². The first-order valence-electron chi connectivity index (χ1n) is 8.43. The van der Waals surface area contributed by atoms with Crippen molar-refractivity contribution in [3.63, 3.8) is 0 Å². The Bertz CT molecular complexity index is 1100. The van der Waals surface area contributed by atoms with Crippen LogP contribution < -0.4 is 10.9 Å². The minimum absolute atomic E-state index is 0.00159. The van der Waals surface area contributed by atoms with Crippen LogP contribution in [0.15, 0.2) is 28.2 Å². The third kappa shape index (κ3) is 3.88. The summed E-state index contributed by atoms with van der Waals surface area (Å²) in [7, 11) is 0. The van der Waals surface area contributed by atoms with Crippen molar-refractivity contribution in [2.75, 3.05) is 11.1 Å². The standard InChI is InChI=1S/C18H15ClFN3O2S2/c19-9-5-6-12(11(20)7-9)21-14(24)8-26-18-22-16(25)15-10-3-1-2-4-13(10)27-17(15)23-18/h5-7H,1-4,8H2,(H,21,24)(H,22,23,25). The highest BCUT2D eigenvalue weighted by Crippen LogP contribution is 2.34. The van der Waals surface area contributed by atoms with Crippen LogP contribution in [-0.2, 0) is 17.6 Å². The number of thiophene rings is 1. The molecule has 0 aliphatic heterocycles. The number of fused-ring (bicyclic) bond motifs is 3. The maximum absolute atomic E-state index is 13.7. The Balaban J connectivity index is 1.48. The van der Waals surface area contributed by atoms with E-state index >= 15 is 0 Å². The molecule has 0 atom stereocenters. The molecule has 1 aliphatic rings. The average Bonchev–Trinajstić information content (AvgIpc) is 3.01. The highest BCUT2D eigenvalue weighted by molar-refractivity contribution is 7.99. The minimum Gasteiger partial charge on any atom is -0.323 e. The molecule has 1 amide bonds. The van der Waals surface area contributed by atoms with Gasteiger partial charge in [0, 0.05) is 9.90 Å². The Morgan fingerprint density at radius 1 is 1.37 bits per heavy atom. The molecule has 1 aliphatic carbocycles. The van der Waals surface area contributed by atoms with Gasteiger partial charge in [0.25, 0.3) is 5.56 Å². The van der Waals surface area contributed by atoms with Gasteiger partial charge in [-0.05, 0) is 49.4 Å². The molecule has 0 spiro atoms. The van der Waals surface area contributed by atoms with E-state index in [-0.39, 0.29) is 22.0 Å². The topological polar surface area (TPSA) is 74.8 Å². The molecule has 0 fully saturated rings. The van der Waals surface area contributed by atoms with E-state index in [2.05, 4.69) is 15.3 Å². The van der Waals surface area contributed by atoms with Crippen LogP contribution in [0.1, 0.15) is 23.3 Å². The highest BCUT2D eigenvalue weighted by atomic mass is 35.5. The second-order valence-corrected chi connectivity index (χ2v) is 8.71. The van der Waals surface area contributed by atoms with E-state index in [9.17, 15) is 14.0 Å². The molecular weight excluding hydrogens is 409 g/mol. The van der Waals surface area contributed by atoms with Crippen LogP contribution in [0.2, 0.25) is 5.02 Å². The van der Waals surface area contributed by atoms with Crippen molar-refractivity contribution in [2.45, 2.75) is 30.8 Å². The van der Waals surface area contributed by atoms with Crippen LogP contribution in [-0.4, -0.2) is 21.6 Å². The number of nitrogens with one attached hydrogen (secondary N) is 2. The molecule has 4 rings (SSSR count). The van der Waals surface area contributed by atoms with E-state index in [0.29, 0.717) is 10.5 Å². The van der Waals surface area contributed by atoms with Crippen molar-refractivity contribution < 1.29 is 9.18 Å². The molecule has 2 heterocycles. The van der Waals surface area contributed by atoms with Crippen molar-refractivity contribution in [1.29, 1.82) is 0 Å². The lowest BCUT2D eigenvalue weighted by atomic mass is 9.97. The summed E-state index contributed by atoms with van der Waals surface area (Å²) in [6.07, 6.45) is 4.14. The number of thioether (sulfide) groups is 1. The Morgan fingerprint density at radius 2 is 2.19 bits per heavy atom. The zero-order chi connectivity index (χ0) is 19.0. The zero-order valence-corrected chi connectivity index (χ0v) is 16.5. The first-order chi connectivity index (χ1) is 13.0. The molecule has 5 nitrogen and oxygen atoms in total. The molecule has 0 bridgehead atoms. The summed E-state index contributed by atoms with van der Waals surface area (Å²) in [6.45, 7) is 0. The molecule has 1 aromatic carbocycles. The summed E-state index contributed by atoms with van der Waals surface area (Å²) in [5.41, 5.74) is 1.03. The molecule has 2 aromatic heterocycles. The van der Waals surface area contributed by atoms with E-state index in [4.69, 9.17) is 11.6 Å². The fourth-order valence-electron chi connectivity index (χ4n) is 3.12. The SMILES string of the molecule is O=C(CSc1nc2sc3c(c2c(=O)[nH]1)CCCC3)Nc1ccc(Cl)cc1F. The van der Waals surface area contributed by atoms with Gasteiger partial charge in [-0.1, -0.05) is 23.4 Å². The van der Waals surface area contributed by atoms with Crippen LogP contribution in [0.3, 0.4) is 0 Å². The molecule has 140 valence electrons. The number of aromatic amines is 1. The van der Waals surface area contributed by atoms with Crippen LogP contribution in [0.25, 0.3) is 10.2 Å². The number of hydrogen-bond donors (Lipinski definition) is 2. The number of aromatic nitrogens is 2. The fraction of sp³-hybridized carbons (Fsp3) is 0.278. The summed E-state index contributed by atoms with van der Waals surface area (Å²) < 4.78 is 13.7. The molecule has 9 heteroatoms. The number of benzene rings is 1. The molecular formula is C18H15ClFN3O2S2. The minimum atomic E-state index is -0.599. The quantitative estimate of drug-likeness (QED) is 0.482. The Labute approximate surface area is 167 Å². The van der Waals surface area contributed by atoms with Gasteiger partial charge < -0.3 is 10.3 Å². The van der Waals surface area contributed by atoms with Gasteiger partial charge in [0.2, 0.25) is 5.91 Å². The van der Waals surface area contributed by atoms with E-state index in [1.165, 1.54) is 17.0 Å². The van der Waals surface area contributed by atoms with Gasteiger partial charge in [-0.2, -0.15) is 0 Å². The first kappa shape index (κ1) is 18.5. The van der Waals surface area contributed by atoms with Gasteiger partial charge in [-0.3, -0.25) is 9.59 Å². The molecule has 2 N–H and O–H groups in total. The van der Waals surface area contributed by atoms with Gasteiger partial charge in [0.15, 0.2) is 5.16 Å². The van der Waals surface area contributed by atoms with Crippen LogP contribution in [0, 0.1) is 5.82 Å². The maximum Gasteiger partial charge on any atom is 0.260 e. The number of H-pyrrole nitrogens is 1. The summed E-state index contributed by atoms with van der Waals surface area (Å²) in [4.78, 5) is 33.8. The Morgan fingerprint density at radius 3 is 3.00 bits per heavy atom. The van der Waals surface area contributed by atoms with Crippen molar-refractivity contribution >= 4 is 56.5 Å². The normalized spacial score (nSPS) is 13.6. The third-order valence-corrected chi connectivity index (χ3v) is 6.64. The molecule has 0 unspecified atom stereocenters. The Kier molecular flexibility index (Phi) is 5.21. The number of carbonyl (C=O) groups excluding carboxylic acids is 1. The number of aryl methyl sites for hydroxylation is 2. The number of rotatable bonds is 4. The highest BCUT2D eigenvalue weighted by Gasteiger charge is 2.20. The van der Waals surface area contributed by atoms with E-state index < -0.39 is 11.7 Å². The van der Waals surface area contributed by atoms with Crippen molar-refractivity contribution in [3.8, 4) is 0 Å². The second-order valence-electron chi connectivity index (χ2n) is 6.22. The maximum atomic E-state index is 13.7. The number of nitrogens with zero attached hydrogens (tertiary/aromatic N) is 1. The van der Waals surface area contributed by atoms with Gasteiger partial charge in [-0.15, -0.1) is 11.3 Å². The average molecular weight is 424 g/mol. The zero-order valence-electron chi connectivity index (χ0n) is 14.1. The summed E-state index contributed by atoms with van der Waals surface area (Å²) in [6, 6.07) is 4.04. The number of amides is 1. The van der Waals surface area contributed by atoms with Crippen LogP contribution in [0.4, 0.5) is 10.1 Å². The third-order valence-electron chi connectivity index (χ3n) is 4.35. The molecule has 3 aromatic rings. The number of carbonyl (C=O) groups is 1. The van der Waals surface area contributed by atoms with Crippen molar-refractivity contribution in [1.82, 2.24) is 9.97 Å². The van der Waals surface area contributed by atoms with Crippen LogP contribution >= 0.6 is 34.7 Å². The van der Waals surface area contributed by atoms with Gasteiger partial charge >= 0.3 is 0 Å². The largest absolute Gasteiger partial charge is 0.323 e. The Hall–Kier alpha value is -1.90. The number of hydrogen-bond acceptors (Lipinski definition) is 5. The van der Waals surface area contributed by atoms with Gasteiger partial charge in [-0.25, -0.2) is 9.37 Å². The van der Waals surface area contributed by atoms with E-state index in [1.54, 1.807) is 11.3 Å². The predicted octanol–water partition coefficient (Wildman–Crippen LogP) is 4.39. The van der Waals surface area contributed by atoms with Crippen LogP contribution in [0.5, 0.6) is 0 Å².